The maximum Gasteiger partial charge on any atom is 0.407 e. The number of amides is 2. The van der Waals surface area contributed by atoms with Crippen molar-refractivity contribution in [3.05, 3.63) is 28.8 Å². The average molecular weight is 353 g/mol. The van der Waals surface area contributed by atoms with Crippen molar-refractivity contribution < 1.29 is 28.9 Å². The summed E-state index contributed by atoms with van der Waals surface area (Å²) in [5.41, 5.74) is 2.19. The van der Waals surface area contributed by atoms with Crippen LogP contribution in [0.5, 0.6) is 0 Å². The summed E-state index contributed by atoms with van der Waals surface area (Å²) in [6, 6.07) is 0. The fourth-order valence-electron chi connectivity index (χ4n) is 3.45. The lowest BCUT2D eigenvalue weighted by molar-refractivity contribution is 0.0104. The number of aliphatic hydroxyl groups is 1. The van der Waals surface area contributed by atoms with Gasteiger partial charge in [-0.2, -0.15) is 0 Å². The number of nitrogens with zero attached hydrogens (tertiary/aromatic N) is 2. The van der Waals surface area contributed by atoms with Gasteiger partial charge in [-0.05, 0) is 36.8 Å². The first kappa shape index (κ1) is 17.4. The number of hydrogen-bond acceptors (Lipinski definition) is 5. The van der Waals surface area contributed by atoms with E-state index in [4.69, 9.17) is 4.74 Å². The monoisotopic (exact) mass is 353 g/mol. The van der Waals surface area contributed by atoms with Gasteiger partial charge in [0.1, 0.15) is 18.0 Å². The Morgan fingerprint density at radius 2 is 2.24 bits per heavy atom. The van der Waals surface area contributed by atoms with Crippen LogP contribution in [0, 0.1) is 18.7 Å². The van der Waals surface area contributed by atoms with E-state index in [0.717, 1.165) is 16.2 Å². The Morgan fingerprint density at radius 3 is 2.84 bits per heavy atom. The van der Waals surface area contributed by atoms with Crippen LogP contribution < -0.4 is 5.32 Å². The number of pyridine rings is 1. The van der Waals surface area contributed by atoms with Crippen LogP contribution in [0.15, 0.2) is 6.20 Å². The zero-order valence-corrected chi connectivity index (χ0v) is 13.7. The molecule has 0 aromatic carbocycles. The summed E-state index contributed by atoms with van der Waals surface area (Å²) in [6.45, 7) is 1.93. The lowest BCUT2D eigenvalue weighted by Crippen LogP contribution is -2.45. The van der Waals surface area contributed by atoms with Gasteiger partial charge in [0.25, 0.3) is 0 Å². The highest BCUT2D eigenvalue weighted by atomic mass is 19.1. The first-order valence-corrected chi connectivity index (χ1v) is 8.08. The van der Waals surface area contributed by atoms with E-state index in [9.17, 15) is 24.2 Å². The molecule has 8 nitrogen and oxygen atoms in total. The van der Waals surface area contributed by atoms with Gasteiger partial charge in [0, 0.05) is 12.2 Å². The number of rotatable bonds is 5. The minimum Gasteiger partial charge on any atom is -0.465 e. The van der Waals surface area contributed by atoms with Crippen molar-refractivity contribution in [1.82, 2.24) is 15.2 Å². The molecule has 0 saturated carbocycles. The average Bonchev–Trinajstić information content (AvgIpc) is 3.17. The van der Waals surface area contributed by atoms with Crippen LogP contribution in [0.1, 0.15) is 16.8 Å². The van der Waals surface area contributed by atoms with Gasteiger partial charge in [-0.3, -0.25) is 4.98 Å². The summed E-state index contributed by atoms with van der Waals surface area (Å²) >= 11 is 0. The van der Waals surface area contributed by atoms with Crippen LogP contribution in [-0.4, -0.2) is 64.1 Å². The fourth-order valence-corrected chi connectivity index (χ4v) is 3.45. The van der Waals surface area contributed by atoms with E-state index in [-0.39, 0.29) is 31.4 Å². The number of ether oxygens (including phenoxy) is 1. The molecule has 0 spiro atoms. The summed E-state index contributed by atoms with van der Waals surface area (Å²) in [7, 11) is 0. The molecule has 2 aliphatic rings. The summed E-state index contributed by atoms with van der Waals surface area (Å²) < 4.78 is 18.8. The molecule has 1 aromatic rings. The number of halogens is 1. The van der Waals surface area contributed by atoms with Crippen LogP contribution in [0.4, 0.5) is 14.0 Å². The standard InChI is InChI=1S/C16H20FN3O5/c1-8-10-2-9(3-11(10)12(17)4-18-8)6-20(16(23)24)7-13(21)14-5-19-15(22)25-14/h4,9,13-14,21H,2-3,5-7H2,1H3,(H,19,22)(H,23,24)/t9?,13-,14-/m1/s1. The molecule has 0 bridgehead atoms. The smallest absolute Gasteiger partial charge is 0.407 e. The molecule has 3 atom stereocenters. The molecule has 1 aliphatic carbocycles. The molecule has 1 aliphatic heterocycles. The van der Waals surface area contributed by atoms with E-state index >= 15 is 0 Å². The lowest BCUT2D eigenvalue weighted by Gasteiger charge is -2.26. The Balaban J connectivity index is 1.63. The van der Waals surface area contributed by atoms with Crippen LogP contribution >= 0.6 is 0 Å². The number of fused-ring (bicyclic) bond motifs is 1. The Kier molecular flexibility index (Phi) is 4.76. The van der Waals surface area contributed by atoms with Crippen LogP contribution in [0.3, 0.4) is 0 Å². The molecule has 9 heteroatoms. The summed E-state index contributed by atoms with van der Waals surface area (Å²) in [6.07, 6.45) is -1.54. The SMILES string of the molecule is Cc1ncc(F)c2c1CC(CN(C[C@@H](O)[C@H]1CNC(=O)O1)C(=O)O)C2. The molecule has 1 aromatic heterocycles. The first-order chi connectivity index (χ1) is 11.8. The number of hydrogen-bond donors (Lipinski definition) is 3. The molecular formula is C16H20FN3O5. The van der Waals surface area contributed by atoms with Crippen molar-refractivity contribution in [2.45, 2.75) is 32.0 Å². The molecule has 25 heavy (non-hydrogen) atoms. The zero-order chi connectivity index (χ0) is 18.1. The Morgan fingerprint density at radius 1 is 1.52 bits per heavy atom. The number of carbonyl (C=O) groups excluding carboxylic acids is 1. The number of alkyl carbamates (subject to hydrolysis) is 1. The second kappa shape index (κ2) is 6.83. The summed E-state index contributed by atoms with van der Waals surface area (Å²) in [5, 5.41) is 22.0. The Hall–Kier alpha value is -2.42. The van der Waals surface area contributed by atoms with Gasteiger partial charge in [0.15, 0.2) is 0 Å². The minimum absolute atomic E-state index is 0.0834. The highest BCUT2D eigenvalue weighted by Gasteiger charge is 2.34. The number of nitrogens with one attached hydrogen (secondary N) is 1. The maximum absolute atomic E-state index is 13.9. The van der Waals surface area contributed by atoms with E-state index in [1.54, 1.807) is 6.92 Å². The zero-order valence-electron chi connectivity index (χ0n) is 13.7. The third-order valence-corrected chi connectivity index (χ3v) is 4.74. The van der Waals surface area contributed by atoms with Gasteiger partial charge < -0.3 is 25.2 Å². The molecular weight excluding hydrogens is 333 g/mol. The van der Waals surface area contributed by atoms with Crippen LogP contribution in [0.2, 0.25) is 0 Å². The molecule has 1 unspecified atom stereocenters. The van der Waals surface area contributed by atoms with Crippen molar-refractivity contribution in [3.8, 4) is 0 Å². The van der Waals surface area contributed by atoms with Crippen molar-refractivity contribution >= 4 is 12.2 Å². The number of carbonyl (C=O) groups is 2. The van der Waals surface area contributed by atoms with Crippen molar-refractivity contribution in [3.63, 3.8) is 0 Å². The quantitative estimate of drug-likeness (QED) is 0.718. The highest BCUT2D eigenvalue weighted by Crippen LogP contribution is 2.31. The maximum atomic E-state index is 13.9. The lowest BCUT2D eigenvalue weighted by atomic mass is 10.0. The van der Waals surface area contributed by atoms with Gasteiger partial charge in [0.05, 0.1) is 19.3 Å². The Bertz CT molecular complexity index is 668. The second-order valence-electron chi connectivity index (χ2n) is 6.50. The predicted molar refractivity (Wildman–Crippen MR) is 83.7 cm³/mol. The molecule has 3 N–H and O–H groups in total. The number of aromatic nitrogens is 1. The van der Waals surface area contributed by atoms with Gasteiger partial charge in [-0.15, -0.1) is 0 Å². The third-order valence-electron chi connectivity index (χ3n) is 4.74. The topological polar surface area (TPSA) is 112 Å². The van der Waals surface area contributed by atoms with E-state index in [1.165, 1.54) is 6.20 Å². The van der Waals surface area contributed by atoms with E-state index in [0.29, 0.717) is 18.4 Å². The van der Waals surface area contributed by atoms with E-state index in [1.807, 2.05) is 0 Å². The fraction of sp³-hybridized carbons (Fsp3) is 0.562. The first-order valence-electron chi connectivity index (χ1n) is 8.08. The highest BCUT2D eigenvalue weighted by molar-refractivity contribution is 5.69. The number of aliphatic hydroxyl groups excluding tert-OH is 1. The summed E-state index contributed by atoms with van der Waals surface area (Å²) in [4.78, 5) is 27.6. The normalized spacial score (nSPS) is 22.9. The van der Waals surface area contributed by atoms with Gasteiger partial charge in [0.2, 0.25) is 0 Å². The van der Waals surface area contributed by atoms with Gasteiger partial charge in [-0.25, -0.2) is 14.0 Å². The molecule has 1 saturated heterocycles. The van der Waals surface area contributed by atoms with Crippen molar-refractivity contribution in [1.29, 1.82) is 0 Å². The molecule has 136 valence electrons. The molecule has 0 radical (unpaired) electrons. The molecule has 3 rings (SSSR count). The molecule has 2 amide bonds. The van der Waals surface area contributed by atoms with Crippen LogP contribution in [-0.2, 0) is 17.6 Å². The van der Waals surface area contributed by atoms with Gasteiger partial charge >= 0.3 is 12.2 Å². The number of aryl methyl sites for hydroxylation is 1. The predicted octanol–water partition coefficient (Wildman–Crippen LogP) is 0.693. The van der Waals surface area contributed by atoms with Gasteiger partial charge in [-0.1, -0.05) is 0 Å². The Labute approximate surface area is 143 Å². The van der Waals surface area contributed by atoms with Crippen molar-refractivity contribution in [2.75, 3.05) is 19.6 Å². The third kappa shape index (κ3) is 3.65. The van der Waals surface area contributed by atoms with Crippen LogP contribution in [0.25, 0.3) is 0 Å². The minimum atomic E-state index is -1.18. The van der Waals surface area contributed by atoms with E-state index < -0.39 is 24.4 Å². The largest absolute Gasteiger partial charge is 0.465 e. The number of carboxylic acid groups (broad SMARTS) is 1. The van der Waals surface area contributed by atoms with E-state index in [2.05, 4.69) is 10.3 Å². The molecule has 1 fully saturated rings. The van der Waals surface area contributed by atoms with Crippen molar-refractivity contribution in [2.24, 2.45) is 5.92 Å². The summed E-state index contributed by atoms with van der Waals surface area (Å²) in [5.74, 6) is -0.450. The number of cyclic esters (lactones) is 1. The molecule has 2 heterocycles. The second-order valence-corrected chi connectivity index (χ2v) is 6.50.